The van der Waals surface area contributed by atoms with Crippen LogP contribution >= 0.6 is 0 Å². The molecule has 1 heterocycles. The van der Waals surface area contributed by atoms with Gasteiger partial charge in [-0.05, 0) is 43.3 Å². The summed E-state index contributed by atoms with van der Waals surface area (Å²) in [6, 6.07) is 12.3. The second kappa shape index (κ2) is 8.94. The molecule has 0 bridgehead atoms. The fourth-order valence-electron chi connectivity index (χ4n) is 2.34. The van der Waals surface area contributed by atoms with Gasteiger partial charge in [0, 0.05) is 0 Å². The van der Waals surface area contributed by atoms with Gasteiger partial charge < -0.3 is 18.7 Å². The summed E-state index contributed by atoms with van der Waals surface area (Å²) in [7, 11) is 0. The lowest BCUT2D eigenvalue weighted by atomic mass is 10.2. The van der Waals surface area contributed by atoms with Crippen LogP contribution in [0.1, 0.15) is 23.2 Å². The minimum absolute atomic E-state index is 0.0546. The first-order chi connectivity index (χ1) is 13.6. The third-order valence-electron chi connectivity index (χ3n) is 3.54. The van der Waals surface area contributed by atoms with Gasteiger partial charge in [-0.2, -0.15) is 13.8 Å². The number of rotatable bonds is 8. The summed E-state index contributed by atoms with van der Waals surface area (Å²) >= 11 is 0. The number of alkyl halides is 2. The SMILES string of the molecule is CCOc1ccccc1-c1noc(COC(=O)c2ccc(OC(F)F)cc2)n1. The Hall–Kier alpha value is -3.49. The van der Waals surface area contributed by atoms with E-state index in [1.54, 1.807) is 12.1 Å². The van der Waals surface area contributed by atoms with Crippen molar-refractivity contribution < 1.29 is 32.3 Å². The summed E-state index contributed by atoms with van der Waals surface area (Å²) < 4.78 is 44.2. The van der Waals surface area contributed by atoms with Crippen molar-refractivity contribution in [1.82, 2.24) is 10.1 Å². The van der Waals surface area contributed by atoms with Gasteiger partial charge in [0.2, 0.25) is 5.82 Å². The third kappa shape index (κ3) is 4.81. The largest absolute Gasteiger partial charge is 0.493 e. The van der Waals surface area contributed by atoms with E-state index in [1.807, 2.05) is 19.1 Å². The maximum atomic E-state index is 12.1. The van der Waals surface area contributed by atoms with Crippen molar-refractivity contribution in [3.05, 3.63) is 60.0 Å². The minimum Gasteiger partial charge on any atom is -0.493 e. The number of hydrogen-bond donors (Lipinski definition) is 0. The quantitative estimate of drug-likeness (QED) is 0.536. The molecule has 0 radical (unpaired) electrons. The molecule has 7 nitrogen and oxygen atoms in total. The Morgan fingerprint density at radius 3 is 2.61 bits per heavy atom. The highest BCUT2D eigenvalue weighted by atomic mass is 19.3. The molecule has 0 amide bonds. The molecule has 0 atom stereocenters. The molecule has 0 spiro atoms. The highest BCUT2D eigenvalue weighted by molar-refractivity contribution is 5.89. The van der Waals surface area contributed by atoms with Crippen LogP contribution in [0.4, 0.5) is 8.78 Å². The number of esters is 1. The molecule has 0 aliphatic rings. The van der Waals surface area contributed by atoms with Crippen molar-refractivity contribution in [2.45, 2.75) is 20.1 Å². The average Bonchev–Trinajstić information content (AvgIpc) is 3.16. The number of para-hydroxylation sites is 1. The van der Waals surface area contributed by atoms with E-state index < -0.39 is 12.6 Å². The zero-order valence-corrected chi connectivity index (χ0v) is 14.8. The lowest BCUT2D eigenvalue weighted by molar-refractivity contribution is -0.0498. The van der Waals surface area contributed by atoms with Crippen LogP contribution in [0.15, 0.2) is 53.1 Å². The summed E-state index contributed by atoms with van der Waals surface area (Å²) in [5.41, 5.74) is 0.823. The van der Waals surface area contributed by atoms with E-state index in [2.05, 4.69) is 14.9 Å². The summed E-state index contributed by atoms with van der Waals surface area (Å²) in [6.07, 6.45) is 0. The smallest absolute Gasteiger partial charge is 0.387 e. The van der Waals surface area contributed by atoms with Crippen LogP contribution in [-0.4, -0.2) is 29.3 Å². The summed E-state index contributed by atoms with van der Waals surface area (Å²) in [6.45, 7) is -0.819. The lowest BCUT2D eigenvalue weighted by Crippen LogP contribution is -2.06. The zero-order valence-electron chi connectivity index (χ0n) is 14.8. The van der Waals surface area contributed by atoms with Crippen LogP contribution in [0.3, 0.4) is 0 Å². The van der Waals surface area contributed by atoms with Crippen molar-refractivity contribution in [2.75, 3.05) is 6.61 Å². The van der Waals surface area contributed by atoms with Crippen molar-refractivity contribution >= 4 is 5.97 Å². The highest BCUT2D eigenvalue weighted by Gasteiger charge is 2.15. The molecule has 0 aliphatic heterocycles. The number of hydrogen-bond acceptors (Lipinski definition) is 7. The van der Waals surface area contributed by atoms with Crippen molar-refractivity contribution in [3.8, 4) is 22.9 Å². The van der Waals surface area contributed by atoms with E-state index in [0.29, 0.717) is 23.7 Å². The minimum atomic E-state index is -2.93. The molecule has 0 fully saturated rings. The second-order valence-electron chi connectivity index (χ2n) is 5.42. The van der Waals surface area contributed by atoms with Crippen molar-refractivity contribution in [3.63, 3.8) is 0 Å². The Morgan fingerprint density at radius 1 is 1.14 bits per heavy atom. The molecule has 3 rings (SSSR count). The Kier molecular flexibility index (Phi) is 6.15. The van der Waals surface area contributed by atoms with E-state index in [1.165, 1.54) is 24.3 Å². The van der Waals surface area contributed by atoms with Gasteiger partial charge in [0.15, 0.2) is 6.61 Å². The topological polar surface area (TPSA) is 83.7 Å². The molecule has 0 saturated heterocycles. The van der Waals surface area contributed by atoms with E-state index in [-0.39, 0.29) is 23.8 Å². The zero-order chi connectivity index (χ0) is 19.9. The Morgan fingerprint density at radius 2 is 1.89 bits per heavy atom. The number of aromatic nitrogens is 2. The second-order valence-corrected chi connectivity index (χ2v) is 5.42. The molecular weight excluding hydrogens is 374 g/mol. The van der Waals surface area contributed by atoms with Gasteiger partial charge in [-0.3, -0.25) is 0 Å². The predicted octanol–water partition coefficient (Wildman–Crippen LogP) is 4.09. The molecule has 3 aromatic rings. The molecule has 2 aromatic carbocycles. The molecule has 0 N–H and O–H groups in total. The number of ether oxygens (including phenoxy) is 3. The molecule has 0 unspecified atom stereocenters. The number of carbonyl (C=O) groups excluding carboxylic acids is 1. The number of benzene rings is 2. The molecule has 0 aliphatic carbocycles. The van der Waals surface area contributed by atoms with Crippen LogP contribution in [0.5, 0.6) is 11.5 Å². The predicted molar refractivity (Wildman–Crippen MR) is 93.1 cm³/mol. The summed E-state index contributed by atoms with van der Waals surface area (Å²) in [5.74, 6) is 0.301. The Balaban J connectivity index is 1.62. The lowest BCUT2D eigenvalue weighted by Gasteiger charge is -2.06. The molecular formula is C19H16F2N2O5. The van der Waals surface area contributed by atoms with Gasteiger partial charge in [0.1, 0.15) is 11.5 Å². The fraction of sp³-hybridized carbons (Fsp3) is 0.211. The van der Waals surface area contributed by atoms with Gasteiger partial charge in [0.25, 0.3) is 5.89 Å². The standard InChI is InChI=1S/C19H16F2N2O5/c1-2-25-15-6-4-3-5-14(15)17-22-16(28-23-17)11-26-18(24)12-7-9-13(10-8-12)27-19(20)21/h3-10,19H,2,11H2,1H3. The monoisotopic (exact) mass is 390 g/mol. The van der Waals surface area contributed by atoms with Crippen LogP contribution < -0.4 is 9.47 Å². The first kappa shape index (κ1) is 19.3. The average molecular weight is 390 g/mol. The van der Waals surface area contributed by atoms with E-state index in [0.717, 1.165) is 0 Å². The van der Waals surface area contributed by atoms with Crippen molar-refractivity contribution in [2.24, 2.45) is 0 Å². The first-order valence-corrected chi connectivity index (χ1v) is 8.33. The molecule has 0 saturated carbocycles. The van der Waals surface area contributed by atoms with Crippen LogP contribution in [0.2, 0.25) is 0 Å². The van der Waals surface area contributed by atoms with Gasteiger partial charge >= 0.3 is 12.6 Å². The van der Waals surface area contributed by atoms with Crippen LogP contribution in [0.25, 0.3) is 11.4 Å². The third-order valence-corrected chi connectivity index (χ3v) is 3.54. The summed E-state index contributed by atoms with van der Waals surface area (Å²) in [4.78, 5) is 16.2. The highest BCUT2D eigenvalue weighted by Crippen LogP contribution is 2.27. The first-order valence-electron chi connectivity index (χ1n) is 8.33. The van der Waals surface area contributed by atoms with Crippen molar-refractivity contribution in [1.29, 1.82) is 0 Å². The molecule has 1 aromatic heterocycles. The van der Waals surface area contributed by atoms with Crippen LogP contribution in [0, 0.1) is 0 Å². The number of nitrogens with zero attached hydrogens (tertiary/aromatic N) is 2. The van der Waals surface area contributed by atoms with E-state index >= 15 is 0 Å². The van der Waals surface area contributed by atoms with Gasteiger partial charge in [0.05, 0.1) is 17.7 Å². The molecule has 9 heteroatoms. The van der Waals surface area contributed by atoms with Gasteiger partial charge in [-0.25, -0.2) is 4.79 Å². The summed E-state index contributed by atoms with van der Waals surface area (Å²) in [5, 5.41) is 3.87. The number of carbonyl (C=O) groups is 1. The van der Waals surface area contributed by atoms with E-state index in [4.69, 9.17) is 14.0 Å². The maximum Gasteiger partial charge on any atom is 0.387 e. The fourth-order valence-corrected chi connectivity index (χ4v) is 2.34. The number of halogens is 2. The Bertz CT molecular complexity index is 928. The Labute approximate surface area is 158 Å². The normalized spacial score (nSPS) is 10.7. The van der Waals surface area contributed by atoms with Gasteiger partial charge in [-0.1, -0.05) is 17.3 Å². The van der Waals surface area contributed by atoms with E-state index in [9.17, 15) is 13.6 Å². The molecule has 146 valence electrons. The molecule has 28 heavy (non-hydrogen) atoms. The van der Waals surface area contributed by atoms with Gasteiger partial charge in [-0.15, -0.1) is 0 Å². The van der Waals surface area contributed by atoms with Crippen LogP contribution in [-0.2, 0) is 11.3 Å². The maximum absolute atomic E-state index is 12.1.